The van der Waals surface area contributed by atoms with Gasteiger partial charge in [-0.1, -0.05) is 0 Å². The molecule has 2 aliphatic carbocycles. The number of hydrogen-bond donors (Lipinski definition) is 2. The summed E-state index contributed by atoms with van der Waals surface area (Å²) >= 11 is 0. The van der Waals surface area contributed by atoms with E-state index < -0.39 is 15.4 Å². The van der Waals surface area contributed by atoms with Gasteiger partial charge in [-0.3, -0.25) is 14.4 Å². The molecule has 1 saturated heterocycles. The Morgan fingerprint density at radius 1 is 1.14 bits per heavy atom. The summed E-state index contributed by atoms with van der Waals surface area (Å²) < 4.78 is 29.4. The number of sulfonamides is 1. The molecule has 11 nitrogen and oxygen atoms in total. The standard InChI is InChI=1S/C25H35N7O4S/c1-16(2)31-15-20(13-27-31)37(35,36)30-10-6-17(7-11-30)28-24-26-14-21-22(29-24)32(23(34)25(21)8-9-25)18-4-3-5-19(33)12-18/h13-19,33H,3-12H2,1-2H3,(H,26,28,29)/t18?,19-/m1/s1. The van der Waals surface area contributed by atoms with E-state index in [1.165, 1.54) is 10.5 Å². The zero-order valence-electron chi connectivity index (χ0n) is 21.4. The van der Waals surface area contributed by atoms with Crippen LogP contribution in [0.3, 0.4) is 0 Å². The van der Waals surface area contributed by atoms with Crippen LogP contribution in [0.15, 0.2) is 23.5 Å². The van der Waals surface area contributed by atoms with Gasteiger partial charge < -0.3 is 10.4 Å². The Hall–Kier alpha value is -2.57. The fourth-order valence-corrected chi connectivity index (χ4v) is 7.45. The normalized spacial score (nSPS) is 26.2. The van der Waals surface area contributed by atoms with Crippen molar-refractivity contribution in [2.45, 2.75) is 99.8 Å². The molecule has 0 radical (unpaired) electrons. The van der Waals surface area contributed by atoms with Gasteiger partial charge in [0, 0.05) is 49.2 Å². The van der Waals surface area contributed by atoms with Crippen LogP contribution in [0.25, 0.3) is 0 Å². The fourth-order valence-electron chi connectivity index (χ4n) is 6.03. The first kappa shape index (κ1) is 24.7. The highest BCUT2D eigenvalue weighted by Crippen LogP contribution is 2.57. The highest BCUT2D eigenvalue weighted by Gasteiger charge is 2.61. The predicted molar refractivity (Wildman–Crippen MR) is 137 cm³/mol. The summed E-state index contributed by atoms with van der Waals surface area (Å²) in [5.41, 5.74) is 0.435. The number of nitrogens with zero attached hydrogens (tertiary/aromatic N) is 6. The topological polar surface area (TPSA) is 134 Å². The van der Waals surface area contributed by atoms with Crippen molar-refractivity contribution in [3.63, 3.8) is 0 Å². The van der Waals surface area contributed by atoms with E-state index in [0.717, 1.165) is 37.7 Å². The van der Waals surface area contributed by atoms with E-state index in [2.05, 4.69) is 15.4 Å². The van der Waals surface area contributed by atoms with E-state index in [1.807, 2.05) is 18.7 Å². The first-order valence-electron chi connectivity index (χ1n) is 13.4. The highest BCUT2D eigenvalue weighted by molar-refractivity contribution is 7.89. The Morgan fingerprint density at radius 2 is 1.89 bits per heavy atom. The molecule has 12 heteroatoms. The van der Waals surface area contributed by atoms with Gasteiger partial charge in [-0.15, -0.1) is 0 Å². The Morgan fingerprint density at radius 3 is 2.54 bits per heavy atom. The highest BCUT2D eigenvalue weighted by atomic mass is 32.2. The Bertz CT molecular complexity index is 1300. The number of fused-ring (bicyclic) bond motifs is 2. The summed E-state index contributed by atoms with van der Waals surface area (Å²) in [6.07, 6.45) is 10.4. The number of aromatic nitrogens is 4. The third kappa shape index (κ3) is 4.22. The molecule has 2 saturated carbocycles. The van der Waals surface area contributed by atoms with Crippen LogP contribution in [-0.2, 0) is 20.2 Å². The second kappa shape index (κ2) is 9.02. The lowest BCUT2D eigenvalue weighted by molar-refractivity contribution is -0.121. The number of carbonyl (C=O) groups excluding carboxylic acids is 1. The molecule has 4 heterocycles. The van der Waals surface area contributed by atoms with Crippen LogP contribution >= 0.6 is 0 Å². The minimum Gasteiger partial charge on any atom is -0.393 e. The SMILES string of the molecule is CC(C)n1cc(S(=O)(=O)N2CCC(Nc3ncc4c(n3)N(C3CCC[C@@H](O)C3)C(=O)C43CC3)CC2)cn1. The van der Waals surface area contributed by atoms with Crippen LogP contribution in [0.5, 0.6) is 0 Å². The van der Waals surface area contributed by atoms with Crippen LogP contribution in [0.2, 0.25) is 0 Å². The molecule has 2 aliphatic heterocycles. The van der Waals surface area contributed by atoms with E-state index in [1.54, 1.807) is 17.1 Å². The molecule has 2 aromatic heterocycles. The van der Waals surface area contributed by atoms with E-state index in [0.29, 0.717) is 44.1 Å². The zero-order chi connectivity index (χ0) is 25.9. The van der Waals surface area contributed by atoms with Crippen molar-refractivity contribution in [1.29, 1.82) is 0 Å². The third-order valence-electron chi connectivity index (χ3n) is 8.41. The molecule has 4 aliphatic rings. The van der Waals surface area contributed by atoms with Crippen molar-refractivity contribution in [3.05, 3.63) is 24.2 Å². The minimum absolute atomic E-state index is 0.0276. The molecular weight excluding hydrogens is 494 g/mol. The van der Waals surface area contributed by atoms with Gasteiger partial charge in [0.1, 0.15) is 10.7 Å². The molecule has 2 N–H and O–H groups in total. The number of amides is 1. The van der Waals surface area contributed by atoms with Gasteiger partial charge in [0.05, 0.1) is 17.7 Å². The van der Waals surface area contributed by atoms with Gasteiger partial charge in [-0.25, -0.2) is 13.4 Å². The molecule has 1 unspecified atom stereocenters. The summed E-state index contributed by atoms with van der Waals surface area (Å²) in [4.78, 5) is 24.8. The maximum Gasteiger partial charge on any atom is 0.246 e. The summed E-state index contributed by atoms with van der Waals surface area (Å²) in [6, 6.07) is 0.0847. The molecule has 200 valence electrons. The molecule has 3 fully saturated rings. The Labute approximate surface area is 217 Å². The number of rotatable bonds is 6. The van der Waals surface area contributed by atoms with Crippen molar-refractivity contribution < 1.29 is 18.3 Å². The molecule has 6 rings (SSSR count). The van der Waals surface area contributed by atoms with E-state index >= 15 is 0 Å². The lowest BCUT2D eigenvalue weighted by atomic mass is 9.92. The van der Waals surface area contributed by atoms with E-state index in [-0.39, 0.29) is 35.0 Å². The second-order valence-electron chi connectivity index (χ2n) is 11.2. The molecule has 0 bridgehead atoms. The molecular formula is C25H35N7O4S. The number of carbonyl (C=O) groups is 1. The summed E-state index contributed by atoms with van der Waals surface area (Å²) in [5, 5.41) is 17.8. The monoisotopic (exact) mass is 529 g/mol. The predicted octanol–water partition coefficient (Wildman–Crippen LogP) is 2.20. The van der Waals surface area contributed by atoms with Crippen LogP contribution in [-0.4, -0.2) is 74.8 Å². The van der Waals surface area contributed by atoms with Gasteiger partial charge in [-0.05, 0) is 65.2 Å². The van der Waals surface area contributed by atoms with Crippen molar-refractivity contribution in [1.82, 2.24) is 24.1 Å². The number of aliphatic hydroxyl groups is 1. The fraction of sp³-hybridized carbons (Fsp3) is 0.680. The zero-order valence-corrected chi connectivity index (χ0v) is 22.2. The number of hydrogen-bond acceptors (Lipinski definition) is 8. The average Bonchev–Trinajstić information content (AvgIpc) is 3.43. The number of anilines is 2. The first-order valence-corrected chi connectivity index (χ1v) is 14.8. The van der Waals surface area contributed by atoms with Gasteiger partial charge in [0.15, 0.2) is 0 Å². The van der Waals surface area contributed by atoms with E-state index in [9.17, 15) is 18.3 Å². The Balaban J connectivity index is 1.15. The van der Waals surface area contributed by atoms with Crippen molar-refractivity contribution in [2.24, 2.45) is 0 Å². The number of nitrogens with one attached hydrogen (secondary N) is 1. The average molecular weight is 530 g/mol. The summed E-state index contributed by atoms with van der Waals surface area (Å²) in [5.74, 6) is 1.25. The van der Waals surface area contributed by atoms with Crippen molar-refractivity contribution >= 4 is 27.7 Å². The van der Waals surface area contributed by atoms with Gasteiger partial charge >= 0.3 is 0 Å². The van der Waals surface area contributed by atoms with Gasteiger partial charge in [0.2, 0.25) is 21.9 Å². The van der Waals surface area contributed by atoms with Crippen LogP contribution in [0.4, 0.5) is 11.8 Å². The summed E-state index contributed by atoms with van der Waals surface area (Å²) in [6.45, 7) is 4.70. The molecule has 0 aromatic carbocycles. The molecule has 1 amide bonds. The minimum atomic E-state index is -3.59. The maximum atomic E-state index is 13.4. The largest absolute Gasteiger partial charge is 0.393 e. The van der Waals surface area contributed by atoms with E-state index in [4.69, 9.17) is 4.98 Å². The molecule has 2 atom stereocenters. The van der Waals surface area contributed by atoms with Gasteiger partial charge in [0.25, 0.3) is 0 Å². The molecule has 37 heavy (non-hydrogen) atoms. The van der Waals surface area contributed by atoms with Crippen LogP contribution in [0, 0.1) is 0 Å². The van der Waals surface area contributed by atoms with Crippen LogP contribution < -0.4 is 10.2 Å². The second-order valence-corrected chi connectivity index (χ2v) is 13.2. The number of piperidine rings is 1. The van der Waals surface area contributed by atoms with Crippen molar-refractivity contribution in [3.8, 4) is 0 Å². The molecule has 1 spiro atoms. The maximum absolute atomic E-state index is 13.4. The smallest absolute Gasteiger partial charge is 0.246 e. The van der Waals surface area contributed by atoms with Crippen LogP contribution in [0.1, 0.15) is 76.8 Å². The Kier molecular flexibility index (Phi) is 6.03. The molecule has 2 aromatic rings. The first-order chi connectivity index (χ1) is 17.7. The lowest BCUT2D eigenvalue weighted by Gasteiger charge is -2.34. The third-order valence-corrected chi connectivity index (χ3v) is 10.3. The van der Waals surface area contributed by atoms with Gasteiger partial charge in [-0.2, -0.15) is 14.4 Å². The lowest BCUT2D eigenvalue weighted by Crippen LogP contribution is -2.44. The number of aliphatic hydroxyl groups excluding tert-OH is 1. The quantitative estimate of drug-likeness (QED) is 0.582. The summed E-state index contributed by atoms with van der Waals surface area (Å²) in [7, 11) is -3.59. The van der Waals surface area contributed by atoms with Crippen molar-refractivity contribution in [2.75, 3.05) is 23.3 Å².